The predicted molar refractivity (Wildman–Crippen MR) is 189 cm³/mol. The minimum absolute atomic E-state index is 0. The van der Waals surface area contributed by atoms with E-state index < -0.39 is 0 Å². The smallest absolute Gasteiger partial charge is 0.135 e. The largest absolute Gasteiger partial charge is 0.500 e. The summed E-state index contributed by atoms with van der Waals surface area (Å²) in [4.78, 5) is 11.2. The van der Waals surface area contributed by atoms with Crippen molar-refractivity contribution in [2.75, 3.05) is 9.80 Å². The van der Waals surface area contributed by atoms with E-state index in [-0.39, 0.29) is 31.9 Å². The molecule has 0 radical (unpaired) electrons. The second kappa shape index (κ2) is 12.4. The van der Waals surface area contributed by atoms with Crippen LogP contribution in [0, 0.1) is 18.8 Å². The topological polar surface area (TPSA) is 24.3 Å². The fraction of sp³-hybridized carbons (Fsp3) is 0.200. The quantitative estimate of drug-likeness (QED) is 0.162. The zero-order valence-corrected chi connectivity index (χ0v) is 30.1. The number of nitrogens with zero attached hydrogens (tertiary/aromatic N) is 4. The van der Waals surface area contributed by atoms with Crippen molar-refractivity contribution in [2.24, 2.45) is 0 Å². The van der Waals surface area contributed by atoms with E-state index in [0.29, 0.717) is 0 Å². The Balaban J connectivity index is 0.00000372. The van der Waals surface area contributed by atoms with Crippen molar-refractivity contribution in [1.82, 2.24) is 9.55 Å². The molecule has 4 nitrogen and oxygen atoms in total. The summed E-state index contributed by atoms with van der Waals surface area (Å²) in [7, 11) is 0. The molecule has 0 unspecified atom stereocenters. The molecular weight excluding hydrogens is 764 g/mol. The van der Waals surface area contributed by atoms with E-state index in [1.807, 2.05) is 6.20 Å². The summed E-state index contributed by atoms with van der Waals surface area (Å²) in [6.07, 6.45) is 6.10. The van der Waals surface area contributed by atoms with Crippen LogP contribution >= 0.6 is 11.8 Å². The second-order valence-corrected chi connectivity index (χ2v) is 14.7. The van der Waals surface area contributed by atoms with Crippen LogP contribution in [-0.2, 0) is 31.9 Å². The van der Waals surface area contributed by atoms with Crippen LogP contribution in [0.1, 0.15) is 52.7 Å². The molecule has 46 heavy (non-hydrogen) atoms. The van der Waals surface area contributed by atoms with Crippen LogP contribution in [0.15, 0.2) is 119 Å². The Labute approximate surface area is 291 Å². The van der Waals surface area contributed by atoms with Gasteiger partial charge in [-0.3, -0.25) is 0 Å². The van der Waals surface area contributed by atoms with E-state index in [4.69, 9.17) is 4.98 Å². The van der Waals surface area contributed by atoms with Gasteiger partial charge in [-0.1, -0.05) is 77.4 Å². The van der Waals surface area contributed by atoms with Crippen molar-refractivity contribution in [3.63, 3.8) is 0 Å². The summed E-state index contributed by atoms with van der Waals surface area (Å²) in [5.41, 5.74) is 6.99. The maximum Gasteiger partial charge on any atom is 0.135 e. The molecule has 0 spiro atoms. The van der Waals surface area contributed by atoms with E-state index in [1.165, 1.54) is 21.9 Å². The van der Waals surface area contributed by atoms with Crippen molar-refractivity contribution >= 4 is 44.9 Å². The molecule has 0 amide bonds. The molecule has 1 aliphatic heterocycles. The van der Waals surface area contributed by atoms with Gasteiger partial charge in [0.05, 0.1) is 0 Å². The molecule has 1 aliphatic rings. The fourth-order valence-electron chi connectivity index (χ4n) is 5.73. The Morgan fingerprint density at radius 2 is 1.39 bits per heavy atom. The number of fused-ring (bicyclic) bond motifs is 3. The molecule has 7 rings (SSSR count). The average molecular weight is 801 g/mol. The number of anilines is 2. The zero-order valence-electron chi connectivity index (χ0n) is 27.0. The van der Waals surface area contributed by atoms with Gasteiger partial charge >= 0.3 is 0 Å². The molecule has 0 fully saturated rings. The van der Waals surface area contributed by atoms with Crippen molar-refractivity contribution in [1.29, 1.82) is 0 Å². The van der Waals surface area contributed by atoms with Gasteiger partial charge in [0, 0.05) is 38.5 Å². The first-order chi connectivity index (χ1) is 21.5. The number of benzene rings is 4. The molecule has 236 valence electrons. The van der Waals surface area contributed by atoms with Crippen molar-refractivity contribution < 1.29 is 21.1 Å². The Bertz CT molecular complexity index is 2060. The summed E-state index contributed by atoms with van der Waals surface area (Å²) in [5, 5.41) is 2.37. The summed E-state index contributed by atoms with van der Waals surface area (Å²) in [5.74, 6) is 0.912. The van der Waals surface area contributed by atoms with Gasteiger partial charge in [0.25, 0.3) is 0 Å². The van der Waals surface area contributed by atoms with Crippen LogP contribution in [0.5, 0.6) is 0 Å². The number of hydrogen-bond donors (Lipinski definition) is 0. The molecule has 0 bridgehead atoms. The molecule has 2 aromatic heterocycles. The van der Waals surface area contributed by atoms with E-state index in [1.54, 1.807) is 11.8 Å². The Hall–Kier alpha value is -3.79. The molecule has 3 heterocycles. The maximum absolute atomic E-state index is 4.82. The minimum Gasteiger partial charge on any atom is -0.500 e. The van der Waals surface area contributed by atoms with Gasteiger partial charge in [0.1, 0.15) is 5.82 Å². The molecule has 0 saturated heterocycles. The molecular formula is C40H37N4PtS-3. The number of aromatic nitrogens is 2. The molecule has 0 saturated carbocycles. The van der Waals surface area contributed by atoms with Gasteiger partial charge in [0.2, 0.25) is 0 Å². The molecule has 6 aromatic rings. The van der Waals surface area contributed by atoms with E-state index in [9.17, 15) is 0 Å². The number of rotatable bonds is 5. The first-order valence-corrected chi connectivity index (χ1v) is 16.2. The van der Waals surface area contributed by atoms with Gasteiger partial charge in [-0.2, -0.15) is 30.3 Å². The molecule has 6 heteroatoms. The summed E-state index contributed by atoms with van der Waals surface area (Å²) in [6.45, 7) is 15.6. The van der Waals surface area contributed by atoms with E-state index >= 15 is 0 Å². The van der Waals surface area contributed by atoms with E-state index in [0.717, 1.165) is 38.0 Å². The fourth-order valence-corrected chi connectivity index (χ4v) is 6.55. The molecule has 0 aliphatic carbocycles. The van der Waals surface area contributed by atoms with Gasteiger partial charge in [-0.05, 0) is 70.1 Å². The predicted octanol–water partition coefficient (Wildman–Crippen LogP) is 10.4. The summed E-state index contributed by atoms with van der Waals surface area (Å²) in [6, 6.07) is 39.7. The van der Waals surface area contributed by atoms with Crippen LogP contribution in [0.3, 0.4) is 0 Å². The first-order valence-electron chi connectivity index (χ1n) is 15.4. The standard InChI is InChI=1S/C40H37N4S.Pt/c1-39(2,3)28-11-9-12-30(23-28)42-21-22-43(27-42)31-13-10-14-32(25-31)45-33-17-18-35-34-15-7-8-16-36(34)44(37(35)26-33)38-24-29(19-20-41-38)40(4,5)6;/h7-24,27H,1-6H3;/q-3;. The monoisotopic (exact) mass is 800 g/mol. The van der Waals surface area contributed by atoms with Gasteiger partial charge < -0.3 is 14.4 Å². The van der Waals surface area contributed by atoms with E-state index in [2.05, 4.69) is 178 Å². The molecule has 0 N–H and O–H groups in total. The average Bonchev–Trinajstić information content (AvgIpc) is 3.64. The third-order valence-electron chi connectivity index (χ3n) is 8.30. The molecule has 4 aromatic carbocycles. The third-order valence-corrected chi connectivity index (χ3v) is 9.21. The number of para-hydroxylation sites is 1. The molecule has 0 atom stereocenters. The second-order valence-electron chi connectivity index (χ2n) is 13.6. The SMILES string of the molecule is CC(C)(C)c1cccc(N2C=CN(c3[c-]c(Sc4[c-]c5c(cc4)c4ccccc4n5-c4cc(C(C)(C)C)ccn4)ccc3)[CH-]2)c1.[Pt]. The Morgan fingerprint density at radius 3 is 2.20 bits per heavy atom. The third kappa shape index (κ3) is 6.28. The Kier molecular flexibility index (Phi) is 8.69. The van der Waals surface area contributed by atoms with Crippen LogP contribution in [0.4, 0.5) is 11.4 Å². The van der Waals surface area contributed by atoms with Gasteiger partial charge in [0.15, 0.2) is 0 Å². The summed E-state index contributed by atoms with van der Waals surface area (Å²) >= 11 is 1.68. The summed E-state index contributed by atoms with van der Waals surface area (Å²) < 4.78 is 2.25. The Morgan fingerprint density at radius 1 is 0.674 bits per heavy atom. The minimum atomic E-state index is 0. The number of pyridine rings is 1. The van der Waals surface area contributed by atoms with Crippen molar-refractivity contribution in [3.8, 4) is 5.82 Å². The van der Waals surface area contributed by atoms with Gasteiger partial charge in [-0.25, -0.2) is 4.98 Å². The maximum atomic E-state index is 4.82. The number of hydrogen-bond acceptors (Lipinski definition) is 4. The zero-order chi connectivity index (χ0) is 31.3. The van der Waals surface area contributed by atoms with Crippen LogP contribution in [0.2, 0.25) is 0 Å². The van der Waals surface area contributed by atoms with Crippen LogP contribution < -0.4 is 9.80 Å². The van der Waals surface area contributed by atoms with Crippen molar-refractivity contribution in [3.05, 3.63) is 140 Å². The van der Waals surface area contributed by atoms with Gasteiger partial charge in [-0.15, -0.1) is 51.4 Å². The van der Waals surface area contributed by atoms with Crippen LogP contribution in [-0.4, -0.2) is 9.55 Å². The normalized spacial score (nSPS) is 13.5. The van der Waals surface area contributed by atoms with Crippen LogP contribution in [0.25, 0.3) is 27.6 Å². The first kappa shape index (κ1) is 32.2. The van der Waals surface area contributed by atoms with Crippen molar-refractivity contribution in [2.45, 2.75) is 62.2 Å².